The van der Waals surface area contributed by atoms with Crippen molar-refractivity contribution in [2.75, 3.05) is 25.5 Å². The second-order valence-electron chi connectivity index (χ2n) is 7.67. The summed E-state index contributed by atoms with van der Waals surface area (Å²) in [7, 11) is 2.17. The number of rotatable bonds is 4. The zero-order valence-electron chi connectivity index (χ0n) is 15.6. The van der Waals surface area contributed by atoms with Crippen LogP contribution in [0.4, 0.5) is 10.1 Å². The second kappa shape index (κ2) is 7.54. The maximum absolute atomic E-state index is 13.6. The molecule has 1 fully saturated rings. The van der Waals surface area contributed by atoms with Crippen LogP contribution in [0.1, 0.15) is 42.6 Å². The Morgan fingerprint density at radius 1 is 1.19 bits per heavy atom. The van der Waals surface area contributed by atoms with Crippen molar-refractivity contribution in [2.24, 2.45) is 5.92 Å². The summed E-state index contributed by atoms with van der Waals surface area (Å²) in [6, 6.07) is 10.9. The fourth-order valence-electron chi connectivity index (χ4n) is 3.70. The Hall–Kier alpha value is -2.27. The molecule has 1 aromatic carbocycles. The Morgan fingerprint density at radius 2 is 1.85 bits per heavy atom. The van der Waals surface area contributed by atoms with Crippen LogP contribution in [0.2, 0.25) is 0 Å². The van der Waals surface area contributed by atoms with Crippen LogP contribution < -0.4 is 5.32 Å². The zero-order valence-corrected chi connectivity index (χ0v) is 15.6. The number of benzene rings is 1. The van der Waals surface area contributed by atoms with E-state index in [1.165, 1.54) is 30.7 Å². The van der Waals surface area contributed by atoms with Gasteiger partial charge in [0, 0.05) is 11.9 Å². The topological polar surface area (TPSA) is 45.2 Å². The fraction of sp³-hybridized carbons (Fsp3) is 0.429. The molecular formula is C21H26FN3O. The van der Waals surface area contributed by atoms with Crippen LogP contribution in [0.25, 0.3) is 0 Å². The van der Waals surface area contributed by atoms with Crippen molar-refractivity contribution < 1.29 is 9.18 Å². The number of halogens is 1. The van der Waals surface area contributed by atoms with E-state index in [4.69, 9.17) is 0 Å². The molecule has 0 unspecified atom stereocenters. The van der Waals surface area contributed by atoms with Gasteiger partial charge in [0.05, 0.1) is 5.56 Å². The van der Waals surface area contributed by atoms with Crippen molar-refractivity contribution in [3.63, 3.8) is 0 Å². The lowest BCUT2D eigenvalue weighted by atomic mass is 9.69. The molecule has 0 saturated carbocycles. The van der Waals surface area contributed by atoms with Crippen molar-refractivity contribution in [3.05, 3.63) is 59.7 Å². The molecular weight excluding hydrogens is 329 g/mol. The number of likely N-dealkylation sites (tertiary alicyclic amines) is 1. The van der Waals surface area contributed by atoms with Crippen LogP contribution in [-0.2, 0) is 5.41 Å². The van der Waals surface area contributed by atoms with Crippen molar-refractivity contribution in [1.82, 2.24) is 9.88 Å². The SMILES string of the molecule is CN1CCC(C(C)(C)c2ccc(NC(=O)c3cccnc3F)cc2)CC1. The molecule has 2 heterocycles. The summed E-state index contributed by atoms with van der Waals surface area (Å²) in [4.78, 5) is 18.1. The third-order valence-corrected chi connectivity index (χ3v) is 5.63. The predicted octanol–water partition coefficient (Wildman–Crippen LogP) is 4.09. The largest absolute Gasteiger partial charge is 0.322 e. The third kappa shape index (κ3) is 3.93. The number of anilines is 1. The highest BCUT2D eigenvalue weighted by Gasteiger charge is 2.33. The number of nitrogens with one attached hydrogen (secondary N) is 1. The molecule has 0 bridgehead atoms. The van der Waals surface area contributed by atoms with Crippen LogP contribution in [0, 0.1) is 11.9 Å². The first-order valence-electron chi connectivity index (χ1n) is 9.09. The molecule has 1 aliphatic heterocycles. The minimum absolute atomic E-state index is 0.0526. The smallest absolute Gasteiger partial charge is 0.260 e. The van der Waals surface area contributed by atoms with Crippen LogP contribution >= 0.6 is 0 Å². The number of carbonyl (C=O) groups excluding carboxylic acids is 1. The van der Waals surface area contributed by atoms with E-state index in [2.05, 4.69) is 48.2 Å². The zero-order chi connectivity index (χ0) is 18.7. The molecule has 5 heteroatoms. The van der Waals surface area contributed by atoms with Gasteiger partial charge in [-0.3, -0.25) is 4.79 Å². The molecule has 0 aliphatic carbocycles. The maximum atomic E-state index is 13.6. The third-order valence-electron chi connectivity index (χ3n) is 5.63. The van der Waals surface area contributed by atoms with Gasteiger partial charge in [-0.05, 0) is 74.1 Å². The van der Waals surface area contributed by atoms with E-state index in [9.17, 15) is 9.18 Å². The molecule has 2 aromatic rings. The minimum Gasteiger partial charge on any atom is -0.322 e. The Balaban J connectivity index is 1.70. The van der Waals surface area contributed by atoms with Gasteiger partial charge in [0.15, 0.2) is 0 Å². The van der Waals surface area contributed by atoms with Crippen molar-refractivity contribution in [3.8, 4) is 0 Å². The Bertz CT molecular complexity index is 765. The number of piperidine rings is 1. The van der Waals surface area contributed by atoms with E-state index in [0.717, 1.165) is 13.1 Å². The van der Waals surface area contributed by atoms with E-state index in [-0.39, 0.29) is 11.0 Å². The normalized spacial score (nSPS) is 16.5. The molecule has 3 rings (SSSR count). The molecule has 26 heavy (non-hydrogen) atoms. The lowest BCUT2D eigenvalue weighted by molar-refractivity contribution is 0.102. The van der Waals surface area contributed by atoms with Crippen molar-refractivity contribution >= 4 is 11.6 Å². The van der Waals surface area contributed by atoms with Gasteiger partial charge in [-0.2, -0.15) is 4.39 Å². The number of amides is 1. The van der Waals surface area contributed by atoms with Gasteiger partial charge in [-0.25, -0.2) is 4.98 Å². The maximum Gasteiger partial charge on any atom is 0.260 e. The number of hydrogen-bond acceptors (Lipinski definition) is 3. The summed E-state index contributed by atoms with van der Waals surface area (Å²) in [5.41, 5.74) is 1.95. The predicted molar refractivity (Wildman–Crippen MR) is 102 cm³/mol. The van der Waals surface area contributed by atoms with Crippen LogP contribution in [-0.4, -0.2) is 35.9 Å². The highest BCUT2D eigenvalue weighted by Crippen LogP contribution is 2.38. The van der Waals surface area contributed by atoms with E-state index < -0.39 is 11.9 Å². The lowest BCUT2D eigenvalue weighted by Gasteiger charge is -2.40. The van der Waals surface area contributed by atoms with Gasteiger partial charge >= 0.3 is 0 Å². The molecule has 0 atom stereocenters. The molecule has 1 N–H and O–H groups in total. The van der Waals surface area contributed by atoms with Crippen LogP contribution in [0.3, 0.4) is 0 Å². The van der Waals surface area contributed by atoms with Gasteiger partial charge in [0.2, 0.25) is 5.95 Å². The van der Waals surface area contributed by atoms with E-state index in [0.29, 0.717) is 11.6 Å². The summed E-state index contributed by atoms with van der Waals surface area (Å²) >= 11 is 0. The van der Waals surface area contributed by atoms with Gasteiger partial charge < -0.3 is 10.2 Å². The van der Waals surface area contributed by atoms with Crippen LogP contribution in [0.5, 0.6) is 0 Å². The number of hydrogen-bond donors (Lipinski definition) is 1. The number of pyridine rings is 1. The standard InChI is InChI=1S/C21H26FN3O/c1-21(2,16-10-13-25(3)14-11-16)15-6-8-17(9-7-15)24-20(26)18-5-4-12-23-19(18)22/h4-9,12,16H,10-11,13-14H2,1-3H3,(H,24,26). The van der Waals surface area contributed by atoms with E-state index in [1.807, 2.05) is 12.1 Å². The minimum atomic E-state index is -0.759. The van der Waals surface area contributed by atoms with Crippen LogP contribution in [0.15, 0.2) is 42.6 Å². The van der Waals surface area contributed by atoms with E-state index >= 15 is 0 Å². The average Bonchev–Trinajstić information content (AvgIpc) is 2.63. The Labute approximate surface area is 154 Å². The van der Waals surface area contributed by atoms with Gasteiger partial charge in [-0.15, -0.1) is 0 Å². The van der Waals surface area contributed by atoms with Gasteiger partial charge in [-0.1, -0.05) is 26.0 Å². The summed E-state index contributed by atoms with van der Waals surface area (Å²) in [6.45, 7) is 6.86. The Morgan fingerprint density at radius 3 is 2.46 bits per heavy atom. The first kappa shape index (κ1) is 18.5. The molecule has 4 nitrogen and oxygen atoms in total. The summed E-state index contributed by atoms with van der Waals surface area (Å²) < 4.78 is 13.6. The van der Waals surface area contributed by atoms with E-state index in [1.54, 1.807) is 6.07 Å². The first-order valence-corrected chi connectivity index (χ1v) is 9.09. The second-order valence-corrected chi connectivity index (χ2v) is 7.67. The van der Waals surface area contributed by atoms with Gasteiger partial charge in [0.1, 0.15) is 0 Å². The summed E-state index contributed by atoms with van der Waals surface area (Å²) in [5, 5.41) is 2.74. The fourth-order valence-corrected chi connectivity index (χ4v) is 3.70. The number of nitrogens with zero attached hydrogens (tertiary/aromatic N) is 2. The molecule has 0 radical (unpaired) electrons. The number of carbonyl (C=O) groups is 1. The molecule has 1 saturated heterocycles. The number of aromatic nitrogens is 1. The lowest BCUT2D eigenvalue weighted by Crippen LogP contribution is -2.39. The monoisotopic (exact) mass is 355 g/mol. The highest BCUT2D eigenvalue weighted by atomic mass is 19.1. The summed E-state index contributed by atoms with van der Waals surface area (Å²) in [6.07, 6.45) is 3.72. The molecule has 1 aliphatic rings. The quantitative estimate of drug-likeness (QED) is 0.840. The van der Waals surface area contributed by atoms with Crippen molar-refractivity contribution in [2.45, 2.75) is 32.1 Å². The van der Waals surface area contributed by atoms with Gasteiger partial charge in [0.25, 0.3) is 5.91 Å². The first-order chi connectivity index (χ1) is 12.4. The molecule has 138 valence electrons. The molecule has 1 amide bonds. The van der Waals surface area contributed by atoms with Crippen molar-refractivity contribution in [1.29, 1.82) is 0 Å². The highest BCUT2D eigenvalue weighted by molar-refractivity contribution is 6.04. The Kier molecular flexibility index (Phi) is 5.37. The average molecular weight is 355 g/mol. The summed E-state index contributed by atoms with van der Waals surface area (Å²) in [5.74, 6) is -0.605. The molecule has 0 spiro atoms. The molecule has 1 aromatic heterocycles.